The number of benzene rings is 1. The molecule has 1 aromatic carbocycles. The van der Waals surface area contributed by atoms with Crippen molar-refractivity contribution >= 4 is 43.9 Å². The smallest absolute Gasteiger partial charge is 0.255 e. The summed E-state index contributed by atoms with van der Waals surface area (Å²) in [6, 6.07) is 11.9. The molecule has 4 rings (SSSR count). The standard InChI is InChI=1S/C20H21N3O2S2/c1-13(14-5-3-2-4-6-14)21-18(24)15-7-10-23(11-8-15)20-22-16-9-12-26-17(16)19(25)27-20/h2-6,9,12-13,15H,7-8,10-11H2,1H3,(H,21,24)/t13-/m1/s1. The lowest BCUT2D eigenvalue weighted by atomic mass is 9.95. The van der Waals surface area contributed by atoms with Crippen LogP contribution in [0.1, 0.15) is 31.4 Å². The van der Waals surface area contributed by atoms with Crippen LogP contribution in [0.3, 0.4) is 0 Å². The largest absolute Gasteiger partial charge is 0.349 e. The first-order chi connectivity index (χ1) is 13.1. The molecule has 0 spiro atoms. The summed E-state index contributed by atoms with van der Waals surface area (Å²) < 4.78 is 0.800. The van der Waals surface area contributed by atoms with E-state index in [0.717, 1.165) is 46.8 Å². The second kappa shape index (κ2) is 7.78. The van der Waals surface area contributed by atoms with Crippen molar-refractivity contribution < 1.29 is 4.79 Å². The highest BCUT2D eigenvalue weighted by Gasteiger charge is 2.27. The van der Waals surface area contributed by atoms with Gasteiger partial charge in [-0.25, -0.2) is 4.98 Å². The van der Waals surface area contributed by atoms with Gasteiger partial charge in [0.25, 0.3) is 4.74 Å². The van der Waals surface area contributed by atoms with Crippen LogP contribution in [0.25, 0.3) is 10.2 Å². The Hall–Kier alpha value is -2.25. The molecule has 1 aliphatic rings. The molecule has 7 heteroatoms. The van der Waals surface area contributed by atoms with Crippen molar-refractivity contribution in [2.75, 3.05) is 18.0 Å². The van der Waals surface area contributed by atoms with Crippen LogP contribution in [0.2, 0.25) is 0 Å². The Labute approximate surface area is 165 Å². The van der Waals surface area contributed by atoms with Gasteiger partial charge in [-0.2, -0.15) is 0 Å². The van der Waals surface area contributed by atoms with Gasteiger partial charge >= 0.3 is 0 Å². The molecule has 0 radical (unpaired) electrons. The van der Waals surface area contributed by atoms with Crippen LogP contribution in [-0.4, -0.2) is 24.0 Å². The zero-order chi connectivity index (χ0) is 18.8. The molecule has 0 saturated carbocycles. The molecule has 2 aromatic heterocycles. The molecule has 0 unspecified atom stereocenters. The molecule has 0 aliphatic carbocycles. The quantitative estimate of drug-likeness (QED) is 0.725. The fraction of sp³-hybridized carbons (Fsp3) is 0.350. The van der Waals surface area contributed by atoms with E-state index in [1.165, 1.54) is 22.7 Å². The van der Waals surface area contributed by atoms with Crippen molar-refractivity contribution in [3.63, 3.8) is 0 Å². The summed E-state index contributed by atoms with van der Waals surface area (Å²) in [6.45, 7) is 3.51. The number of thiophene rings is 1. The molecule has 0 bridgehead atoms. The molecule has 1 saturated heterocycles. The summed E-state index contributed by atoms with van der Waals surface area (Å²) in [5, 5.41) is 5.80. The van der Waals surface area contributed by atoms with Crippen LogP contribution in [0.15, 0.2) is 46.6 Å². The number of amides is 1. The summed E-state index contributed by atoms with van der Waals surface area (Å²) in [6.07, 6.45) is 1.55. The van der Waals surface area contributed by atoms with Crippen molar-refractivity contribution in [1.29, 1.82) is 0 Å². The van der Waals surface area contributed by atoms with Gasteiger partial charge in [0.2, 0.25) is 5.91 Å². The minimum Gasteiger partial charge on any atom is -0.349 e. The van der Waals surface area contributed by atoms with E-state index in [4.69, 9.17) is 0 Å². The topological polar surface area (TPSA) is 62.3 Å². The summed E-state index contributed by atoms with van der Waals surface area (Å²) in [7, 11) is 0. The molecule has 1 atom stereocenters. The first kappa shape index (κ1) is 18.1. The van der Waals surface area contributed by atoms with E-state index in [-0.39, 0.29) is 22.6 Å². The molecule has 140 valence electrons. The van der Waals surface area contributed by atoms with Gasteiger partial charge < -0.3 is 10.2 Å². The first-order valence-electron chi connectivity index (χ1n) is 9.10. The van der Waals surface area contributed by atoms with Crippen LogP contribution in [0.5, 0.6) is 0 Å². The van der Waals surface area contributed by atoms with Crippen molar-refractivity contribution in [3.05, 3.63) is 56.9 Å². The Kier molecular flexibility index (Phi) is 5.22. The van der Waals surface area contributed by atoms with E-state index >= 15 is 0 Å². The second-order valence-electron chi connectivity index (χ2n) is 6.82. The minimum atomic E-state index is 0.00429. The Morgan fingerprint density at radius 3 is 2.70 bits per heavy atom. The van der Waals surface area contributed by atoms with Gasteiger partial charge in [-0.05, 0) is 36.8 Å². The third kappa shape index (κ3) is 3.89. The number of carbonyl (C=O) groups is 1. The third-order valence-corrected chi connectivity index (χ3v) is 6.98. The van der Waals surface area contributed by atoms with E-state index in [0.29, 0.717) is 0 Å². The van der Waals surface area contributed by atoms with Gasteiger partial charge in [-0.1, -0.05) is 41.7 Å². The Bertz CT molecular complexity index is 991. The second-order valence-corrected chi connectivity index (χ2v) is 8.68. The number of aromatic nitrogens is 1. The zero-order valence-electron chi connectivity index (χ0n) is 15.1. The molecule has 1 aliphatic heterocycles. The van der Waals surface area contributed by atoms with Crippen molar-refractivity contribution in [2.24, 2.45) is 5.92 Å². The highest BCUT2D eigenvalue weighted by atomic mass is 32.1. The van der Waals surface area contributed by atoms with Gasteiger partial charge in [0.1, 0.15) is 4.70 Å². The van der Waals surface area contributed by atoms with Crippen LogP contribution in [-0.2, 0) is 4.79 Å². The average Bonchev–Trinajstić information content (AvgIpc) is 3.18. The number of fused-ring (bicyclic) bond motifs is 1. The lowest BCUT2D eigenvalue weighted by Crippen LogP contribution is -2.41. The molecule has 3 heterocycles. The molecule has 3 aromatic rings. The lowest BCUT2D eigenvalue weighted by molar-refractivity contribution is -0.126. The maximum atomic E-state index is 12.6. The minimum absolute atomic E-state index is 0.00429. The predicted molar refractivity (Wildman–Crippen MR) is 112 cm³/mol. The third-order valence-electron chi connectivity index (χ3n) is 5.02. The maximum absolute atomic E-state index is 12.6. The summed E-state index contributed by atoms with van der Waals surface area (Å²) in [5.74, 6) is 0.120. The van der Waals surface area contributed by atoms with E-state index in [2.05, 4.69) is 15.2 Å². The fourth-order valence-electron chi connectivity index (χ4n) is 3.42. The van der Waals surface area contributed by atoms with Crippen LogP contribution in [0, 0.1) is 5.92 Å². The van der Waals surface area contributed by atoms with Crippen molar-refractivity contribution in [3.8, 4) is 0 Å². The molecule has 1 N–H and O–H groups in total. The van der Waals surface area contributed by atoms with Crippen molar-refractivity contribution in [2.45, 2.75) is 25.8 Å². The lowest BCUT2D eigenvalue weighted by Gasteiger charge is -2.32. The van der Waals surface area contributed by atoms with Crippen molar-refractivity contribution in [1.82, 2.24) is 10.3 Å². The molecule has 1 fully saturated rings. The van der Waals surface area contributed by atoms with Crippen LogP contribution >= 0.6 is 22.7 Å². The summed E-state index contributed by atoms with van der Waals surface area (Å²) in [4.78, 5) is 31.6. The Balaban J connectivity index is 1.38. The van der Waals surface area contributed by atoms with E-state index in [1.807, 2.05) is 48.7 Å². The Morgan fingerprint density at radius 1 is 1.22 bits per heavy atom. The van der Waals surface area contributed by atoms with Gasteiger partial charge in [-0.15, -0.1) is 11.3 Å². The molecule has 1 amide bonds. The monoisotopic (exact) mass is 399 g/mol. The number of hydrogen-bond donors (Lipinski definition) is 1. The van der Waals surface area contributed by atoms with Crippen LogP contribution < -0.4 is 15.0 Å². The number of nitrogens with zero attached hydrogens (tertiary/aromatic N) is 2. The van der Waals surface area contributed by atoms with E-state index in [9.17, 15) is 9.59 Å². The maximum Gasteiger partial charge on any atom is 0.255 e. The first-order valence-corrected chi connectivity index (χ1v) is 10.8. The summed E-state index contributed by atoms with van der Waals surface area (Å²) >= 11 is 2.65. The number of nitrogens with one attached hydrogen (secondary N) is 1. The van der Waals surface area contributed by atoms with E-state index < -0.39 is 0 Å². The van der Waals surface area contributed by atoms with Crippen LogP contribution in [0.4, 0.5) is 5.13 Å². The predicted octanol–water partition coefficient (Wildman–Crippen LogP) is 3.81. The highest BCUT2D eigenvalue weighted by Crippen LogP contribution is 2.27. The molecular formula is C20H21N3O2S2. The number of carbonyl (C=O) groups excluding carboxylic acids is 1. The average molecular weight is 400 g/mol. The normalized spacial score (nSPS) is 16.4. The van der Waals surface area contributed by atoms with Gasteiger partial charge in [0, 0.05) is 19.0 Å². The number of piperidine rings is 1. The molecule has 5 nitrogen and oxygen atoms in total. The number of rotatable bonds is 4. The molecular weight excluding hydrogens is 378 g/mol. The fourth-order valence-corrected chi connectivity index (χ4v) is 5.17. The number of anilines is 1. The molecule has 27 heavy (non-hydrogen) atoms. The zero-order valence-corrected chi connectivity index (χ0v) is 16.7. The Morgan fingerprint density at radius 2 is 1.96 bits per heavy atom. The van der Waals surface area contributed by atoms with Gasteiger partial charge in [-0.3, -0.25) is 9.59 Å². The summed E-state index contributed by atoms with van der Waals surface area (Å²) in [5.41, 5.74) is 1.89. The number of hydrogen-bond acceptors (Lipinski definition) is 6. The SMILES string of the molecule is C[C@@H](NC(=O)C1CCN(c2nc3ccsc3c(=O)s2)CC1)c1ccccc1. The van der Waals surface area contributed by atoms with Gasteiger partial charge in [0.15, 0.2) is 5.13 Å². The highest BCUT2D eigenvalue weighted by molar-refractivity contribution is 7.21. The van der Waals surface area contributed by atoms with Gasteiger partial charge in [0.05, 0.1) is 11.6 Å². The van der Waals surface area contributed by atoms with E-state index in [1.54, 1.807) is 0 Å².